The van der Waals surface area contributed by atoms with Crippen molar-refractivity contribution in [3.63, 3.8) is 0 Å². The fourth-order valence-corrected chi connectivity index (χ4v) is 0.869. The average molecular weight is 116 g/mol. The Kier molecular flexibility index (Phi) is 1.83. The zero-order valence-electron chi connectivity index (χ0n) is 4.80. The second-order valence-electron chi connectivity index (χ2n) is 2.22. The first kappa shape index (κ1) is 6.01. The van der Waals surface area contributed by atoms with Crippen molar-refractivity contribution in [2.24, 2.45) is 5.73 Å². The maximum atomic E-state index is 9.01. The van der Waals surface area contributed by atoms with Crippen molar-refractivity contribution in [2.75, 3.05) is 13.1 Å². The number of rotatable bonds is 0. The van der Waals surface area contributed by atoms with Crippen molar-refractivity contribution in [2.45, 2.75) is 18.6 Å². The summed E-state index contributed by atoms with van der Waals surface area (Å²) < 4.78 is 0. The van der Waals surface area contributed by atoms with Gasteiger partial charge in [0.05, 0.1) is 6.10 Å². The van der Waals surface area contributed by atoms with E-state index in [1.165, 1.54) is 0 Å². The molecule has 2 atom stereocenters. The molecule has 0 aliphatic carbocycles. The summed E-state index contributed by atoms with van der Waals surface area (Å²) in [6.45, 7) is 1.65. The van der Waals surface area contributed by atoms with Crippen LogP contribution in [0.3, 0.4) is 0 Å². The number of aliphatic hydroxyl groups is 1. The first-order valence-electron chi connectivity index (χ1n) is 2.95. The van der Waals surface area contributed by atoms with Crippen molar-refractivity contribution in [3.8, 4) is 0 Å². The summed E-state index contributed by atoms with van der Waals surface area (Å²) >= 11 is 0. The first-order chi connectivity index (χ1) is 3.80. The second kappa shape index (κ2) is 2.44. The molecule has 1 aliphatic heterocycles. The van der Waals surface area contributed by atoms with Crippen molar-refractivity contribution in [1.82, 2.24) is 5.32 Å². The van der Waals surface area contributed by atoms with Gasteiger partial charge in [-0.1, -0.05) is 0 Å². The quantitative estimate of drug-likeness (QED) is 0.367. The largest absolute Gasteiger partial charge is 0.391 e. The highest BCUT2D eigenvalue weighted by Gasteiger charge is 2.17. The summed E-state index contributed by atoms with van der Waals surface area (Å²) in [6, 6.07) is -0.0521. The zero-order chi connectivity index (χ0) is 5.98. The van der Waals surface area contributed by atoms with E-state index >= 15 is 0 Å². The predicted molar refractivity (Wildman–Crippen MR) is 31.5 cm³/mol. The van der Waals surface area contributed by atoms with E-state index < -0.39 is 0 Å². The molecule has 1 fully saturated rings. The van der Waals surface area contributed by atoms with E-state index in [4.69, 9.17) is 10.8 Å². The third kappa shape index (κ3) is 1.18. The van der Waals surface area contributed by atoms with Crippen molar-refractivity contribution >= 4 is 0 Å². The van der Waals surface area contributed by atoms with Crippen LogP contribution in [0.4, 0.5) is 0 Å². The smallest absolute Gasteiger partial charge is 0.0715 e. The summed E-state index contributed by atoms with van der Waals surface area (Å²) in [4.78, 5) is 0. The summed E-state index contributed by atoms with van der Waals surface area (Å²) in [5, 5.41) is 12.1. The van der Waals surface area contributed by atoms with Gasteiger partial charge >= 0.3 is 0 Å². The summed E-state index contributed by atoms with van der Waals surface area (Å²) in [5.41, 5.74) is 5.47. The topological polar surface area (TPSA) is 58.3 Å². The van der Waals surface area contributed by atoms with Gasteiger partial charge in [-0.25, -0.2) is 0 Å². The number of hydrogen-bond donors (Lipinski definition) is 3. The fourth-order valence-electron chi connectivity index (χ4n) is 0.869. The highest BCUT2D eigenvalue weighted by Crippen LogP contribution is 1.98. The van der Waals surface area contributed by atoms with Gasteiger partial charge in [0.1, 0.15) is 0 Å². The molecule has 0 amide bonds. The molecule has 0 radical (unpaired) electrons. The number of nitrogens with two attached hydrogens (primary N) is 1. The Morgan fingerprint density at radius 3 is 2.75 bits per heavy atom. The minimum Gasteiger partial charge on any atom is -0.391 e. The predicted octanol–water partition coefficient (Wildman–Crippen LogP) is -1.33. The molecule has 1 saturated heterocycles. The fraction of sp³-hybridized carbons (Fsp3) is 1.00. The standard InChI is InChI=1S/C5H12N2O/c6-4-3-7-2-1-5(4)8/h4-5,7-8H,1-3,6H2/t4?,5-/m0/s1. The molecule has 48 valence electrons. The molecule has 3 nitrogen and oxygen atoms in total. The molecule has 0 bridgehead atoms. The van der Waals surface area contributed by atoms with Crippen LogP contribution < -0.4 is 11.1 Å². The van der Waals surface area contributed by atoms with Gasteiger partial charge in [0.25, 0.3) is 0 Å². The van der Waals surface area contributed by atoms with Crippen LogP contribution in [0.2, 0.25) is 0 Å². The van der Waals surface area contributed by atoms with Crippen molar-refractivity contribution in [3.05, 3.63) is 0 Å². The zero-order valence-corrected chi connectivity index (χ0v) is 4.80. The van der Waals surface area contributed by atoms with E-state index in [9.17, 15) is 0 Å². The van der Waals surface area contributed by atoms with E-state index in [1.807, 2.05) is 0 Å². The average Bonchev–Trinajstić information content (AvgIpc) is 1.77. The van der Waals surface area contributed by atoms with Crippen molar-refractivity contribution < 1.29 is 5.11 Å². The van der Waals surface area contributed by atoms with E-state index in [2.05, 4.69) is 5.32 Å². The molecule has 0 aromatic rings. The molecule has 1 rings (SSSR count). The van der Waals surface area contributed by atoms with Gasteiger partial charge in [0, 0.05) is 12.6 Å². The molecule has 1 heterocycles. The molecule has 0 saturated carbocycles. The SMILES string of the molecule is NC1CNCC[C@@H]1O. The minimum atomic E-state index is -0.281. The number of aliphatic hydroxyl groups excluding tert-OH is 1. The van der Waals surface area contributed by atoms with E-state index in [0.717, 1.165) is 19.5 Å². The first-order valence-corrected chi connectivity index (χ1v) is 2.95. The monoisotopic (exact) mass is 116 g/mol. The van der Waals surface area contributed by atoms with E-state index in [1.54, 1.807) is 0 Å². The molecular weight excluding hydrogens is 104 g/mol. The van der Waals surface area contributed by atoms with Crippen LogP contribution in [0.5, 0.6) is 0 Å². The lowest BCUT2D eigenvalue weighted by Gasteiger charge is -2.24. The summed E-state index contributed by atoms with van der Waals surface area (Å²) in [7, 11) is 0. The molecule has 0 aromatic heterocycles. The van der Waals surface area contributed by atoms with Crippen LogP contribution in [-0.4, -0.2) is 30.3 Å². The Morgan fingerprint density at radius 1 is 1.62 bits per heavy atom. The Balaban J connectivity index is 2.28. The minimum absolute atomic E-state index is 0.0521. The van der Waals surface area contributed by atoms with Gasteiger partial charge in [-0.05, 0) is 13.0 Å². The maximum Gasteiger partial charge on any atom is 0.0715 e. The van der Waals surface area contributed by atoms with Crippen LogP contribution in [0.1, 0.15) is 6.42 Å². The third-order valence-electron chi connectivity index (χ3n) is 1.49. The van der Waals surface area contributed by atoms with E-state index in [0.29, 0.717) is 0 Å². The maximum absolute atomic E-state index is 9.01. The van der Waals surface area contributed by atoms with Crippen LogP contribution >= 0.6 is 0 Å². The number of hydrogen-bond acceptors (Lipinski definition) is 3. The lowest BCUT2D eigenvalue weighted by atomic mass is 10.1. The van der Waals surface area contributed by atoms with Gasteiger partial charge in [0.15, 0.2) is 0 Å². The second-order valence-corrected chi connectivity index (χ2v) is 2.22. The Hall–Kier alpha value is -0.120. The molecule has 8 heavy (non-hydrogen) atoms. The van der Waals surface area contributed by atoms with Crippen LogP contribution in [0, 0.1) is 0 Å². The number of piperidine rings is 1. The molecule has 3 heteroatoms. The number of nitrogens with one attached hydrogen (secondary N) is 1. The molecule has 0 spiro atoms. The molecule has 1 unspecified atom stereocenters. The van der Waals surface area contributed by atoms with Gasteiger partial charge in [-0.2, -0.15) is 0 Å². The highest BCUT2D eigenvalue weighted by molar-refractivity contribution is 4.79. The van der Waals surface area contributed by atoms with E-state index in [-0.39, 0.29) is 12.1 Å². The van der Waals surface area contributed by atoms with Crippen LogP contribution in [0.25, 0.3) is 0 Å². The van der Waals surface area contributed by atoms with Gasteiger partial charge in [-0.15, -0.1) is 0 Å². The molecule has 1 aliphatic rings. The molecular formula is C5H12N2O. The molecule has 4 N–H and O–H groups in total. The van der Waals surface area contributed by atoms with Crippen molar-refractivity contribution in [1.29, 1.82) is 0 Å². The third-order valence-corrected chi connectivity index (χ3v) is 1.49. The highest BCUT2D eigenvalue weighted by atomic mass is 16.3. The normalized spacial score (nSPS) is 39.8. The van der Waals surface area contributed by atoms with Gasteiger partial charge < -0.3 is 16.2 Å². The van der Waals surface area contributed by atoms with Crippen LogP contribution in [0.15, 0.2) is 0 Å². The summed E-state index contributed by atoms with van der Waals surface area (Å²) in [6.07, 6.45) is 0.512. The Morgan fingerprint density at radius 2 is 2.38 bits per heavy atom. The van der Waals surface area contributed by atoms with Gasteiger partial charge in [-0.3, -0.25) is 0 Å². The lowest BCUT2D eigenvalue weighted by molar-refractivity contribution is 0.116. The Labute approximate surface area is 48.9 Å². The summed E-state index contributed by atoms with van der Waals surface area (Å²) in [5.74, 6) is 0. The molecule has 0 aromatic carbocycles. The van der Waals surface area contributed by atoms with Gasteiger partial charge in [0.2, 0.25) is 0 Å². The lowest BCUT2D eigenvalue weighted by Crippen LogP contribution is -2.49. The van der Waals surface area contributed by atoms with Crippen LogP contribution in [-0.2, 0) is 0 Å². The Bertz CT molecular complexity index is 66.8.